The number of ether oxygens (including phenoxy) is 1. The molecular weight excluding hydrogens is 293 g/mol. The molecule has 5 heteroatoms. The molecule has 2 rings (SSSR count). The van der Waals surface area contributed by atoms with Crippen LogP contribution in [0.15, 0.2) is 30.5 Å². The average Bonchev–Trinajstić information content (AvgIpc) is 2.35. The molecule has 1 heterocycles. The van der Waals surface area contributed by atoms with Crippen LogP contribution in [-0.2, 0) is 0 Å². The van der Waals surface area contributed by atoms with Gasteiger partial charge in [0.15, 0.2) is 0 Å². The maximum atomic E-state index is 6.13. The highest BCUT2D eigenvalue weighted by molar-refractivity contribution is 6.44. The summed E-state index contributed by atoms with van der Waals surface area (Å²) < 4.78 is 5.28. The SMILES string of the molecule is CCOc1ccc(-c2cc(Cl)c(Cl)cc2Cl)cn1. The molecule has 2 aromatic rings. The number of hydrogen-bond acceptors (Lipinski definition) is 2. The van der Waals surface area contributed by atoms with Gasteiger partial charge in [0.25, 0.3) is 0 Å². The Bertz CT molecular complexity index is 555. The summed E-state index contributed by atoms with van der Waals surface area (Å²) in [4.78, 5) is 4.18. The van der Waals surface area contributed by atoms with Crippen molar-refractivity contribution in [2.75, 3.05) is 6.61 Å². The first-order valence-electron chi connectivity index (χ1n) is 5.35. The molecule has 0 spiro atoms. The van der Waals surface area contributed by atoms with Crippen LogP contribution in [0.2, 0.25) is 15.1 Å². The molecule has 94 valence electrons. The van der Waals surface area contributed by atoms with Crippen LogP contribution >= 0.6 is 34.8 Å². The molecule has 0 atom stereocenters. The molecule has 0 saturated heterocycles. The first-order valence-corrected chi connectivity index (χ1v) is 6.49. The molecule has 0 fully saturated rings. The van der Waals surface area contributed by atoms with Gasteiger partial charge >= 0.3 is 0 Å². The highest BCUT2D eigenvalue weighted by Gasteiger charge is 2.08. The summed E-state index contributed by atoms with van der Waals surface area (Å²) in [5, 5.41) is 1.43. The highest BCUT2D eigenvalue weighted by Crippen LogP contribution is 2.35. The van der Waals surface area contributed by atoms with E-state index in [0.29, 0.717) is 27.6 Å². The predicted molar refractivity (Wildman–Crippen MR) is 75.9 cm³/mol. The molecule has 0 unspecified atom stereocenters. The maximum absolute atomic E-state index is 6.13. The third-order valence-electron chi connectivity index (χ3n) is 2.35. The Balaban J connectivity index is 2.39. The molecule has 18 heavy (non-hydrogen) atoms. The van der Waals surface area contributed by atoms with Crippen LogP contribution in [-0.4, -0.2) is 11.6 Å². The fraction of sp³-hybridized carbons (Fsp3) is 0.154. The van der Waals surface area contributed by atoms with Crippen molar-refractivity contribution < 1.29 is 4.74 Å². The van der Waals surface area contributed by atoms with Gasteiger partial charge in [0.2, 0.25) is 5.88 Å². The lowest BCUT2D eigenvalue weighted by Gasteiger charge is -2.07. The molecule has 0 aliphatic heterocycles. The molecule has 0 aliphatic rings. The number of nitrogens with zero attached hydrogens (tertiary/aromatic N) is 1. The second kappa shape index (κ2) is 5.79. The molecule has 1 aromatic carbocycles. The van der Waals surface area contributed by atoms with Gasteiger partial charge in [-0.15, -0.1) is 0 Å². The zero-order chi connectivity index (χ0) is 13.1. The van der Waals surface area contributed by atoms with Gasteiger partial charge in [-0.05, 0) is 25.1 Å². The van der Waals surface area contributed by atoms with Gasteiger partial charge in [-0.25, -0.2) is 4.98 Å². The van der Waals surface area contributed by atoms with Crippen LogP contribution in [0.5, 0.6) is 5.88 Å². The van der Waals surface area contributed by atoms with Crippen LogP contribution in [0.25, 0.3) is 11.1 Å². The third-order valence-corrected chi connectivity index (χ3v) is 3.38. The lowest BCUT2D eigenvalue weighted by atomic mass is 10.1. The van der Waals surface area contributed by atoms with Crippen LogP contribution in [0.1, 0.15) is 6.92 Å². The highest BCUT2D eigenvalue weighted by atomic mass is 35.5. The summed E-state index contributed by atoms with van der Waals surface area (Å²) in [5.41, 5.74) is 1.66. The van der Waals surface area contributed by atoms with Gasteiger partial charge < -0.3 is 4.74 Å². The van der Waals surface area contributed by atoms with Crippen molar-refractivity contribution in [1.29, 1.82) is 0 Å². The zero-order valence-electron chi connectivity index (χ0n) is 9.58. The Morgan fingerprint density at radius 3 is 2.39 bits per heavy atom. The number of aromatic nitrogens is 1. The molecule has 1 aromatic heterocycles. The summed E-state index contributed by atoms with van der Waals surface area (Å²) in [6, 6.07) is 7.02. The second-order valence-electron chi connectivity index (χ2n) is 3.56. The Morgan fingerprint density at radius 2 is 1.78 bits per heavy atom. The molecular formula is C13H10Cl3NO. The number of rotatable bonds is 3. The second-order valence-corrected chi connectivity index (χ2v) is 4.79. The number of hydrogen-bond donors (Lipinski definition) is 0. The summed E-state index contributed by atoms with van der Waals surface area (Å²) in [6.45, 7) is 2.49. The minimum absolute atomic E-state index is 0.435. The molecule has 0 bridgehead atoms. The topological polar surface area (TPSA) is 22.1 Å². The first-order chi connectivity index (χ1) is 8.61. The minimum Gasteiger partial charge on any atom is -0.478 e. The number of benzene rings is 1. The van der Waals surface area contributed by atoms with Crippen molar-refractivity contribution >= 4 is 34.8 Å². The van der Waals surface area contributed by atoms with E-state index in [0.717, 1.165) is 11.1 Å². The Kier molecular flexibility index (Phi) is 4.33. The number of pyridine rings is 1. The van der Waals surface area contributed by atoms with Gasteiger partial charge in [0.05, 0.1) is 21.7 Å². The monoisotopic (exact) mass is 301 g/mol. The quantitative estimate of drug-likeness (QED) is 0.735. The molecule has 0 radical (unpaired) electrons. The van der Waals surface area contributed by atoms with E-state index in [2.05, 4.69) is 4.98 Å². The molecule has 0 N–H and O–H groups in total. The van der Waals surface area contributed by atoms with Gasteiger partial charge in [0.1, 0.15) is 0 Å². The van der Waals surface area contributed by atoms with Crippen molar-refractivity contribution in [2.45, 2.75) is 6.92 Å². The van der Waals surface area contributed by atoms with E-state index in [-0.39, 0.29) is 0 Å². The van der Waals surface area contributed by atoms with Crippen molar-refractivity contribution in [3.63, 3.8) is 0 Å². The van der Waals surface area contributed by atoms with Crippen molar-refractivity contribution in [2.24, 2.45) is 0 Å². The Morgan fingerprint density at radius 1 is 1.06 bits per heavy atom. The first kappa shape index (κ1) is 13.5. The lowest BCUT2D eigenvalue weighted by Crippen LogP contribution is -1.93. The van der Waals surface area contributed by atoms with Gasteiger partial charge in [-0.1, -0.05) is 34.8 Å². The van der Waals surface area contributed by atoms with Crippen molar-refractivity contribution in [1.82, 2.24) is 4.98 Å². The van der Waals surface area contributed by atoms with E-state index in [4.69, 9.17) is 39.5 Å². The van der Waals surface area contributed by atoms with Crippen LogP contribution in [0.4, 0.5) is 0 Å². The van der Waals surface area contributed by atoms with Crippen molar-refractivity contribution in [3.05, 3.63) is 45.5 Å². The summed E-state index contributed by atoms with van der Waals surface area (Å²) in [5.74, 6) is 0.581. The minimum atomic E-state index is 0.435. The van der Waals surface area contributed by atoms with E-state index in [1.165, 1.54) is 0 Å². The summed E-state index contributed by atoms with van der Waals surface area (Å²) >= 11 is 18.0. The molecule has 2 nitrogen and oxygen atoms in total. The zero-order valence-corrected chi connectivity index (χ0v) is 11.9. The van der Waals surface area contributed by atoms with Gasteiger partial charge in [-0.2, -0.15) is 0 Å². The smallest absolute Gasteiger partial charge is 0.213 e. The van der Waals surface area contributed by atoms with E-state index >= 15 is 0 Å². The lowest BCUT2D eigenvalue weighted by molar-refractivity contribution is 0.327. The van der Waals surface area contributed by atoms with E-state index < -0.39 is 0 Å². The van der Waals surface area contributed by atoms with Crippen molar-refractivity contribution in [3.8, 4) is 17.0 Å². The normalized spacial score (nSPS) is 10.4. The van der Waals surface area contributed by atoms with Gasteiger partial charge in [0, 0.05) is 23.4 Å². The summed E-state index contributed by atoms with van der Waals surface area (Å²) in [6.07, 6.45) is 1.69. The molecule has 0 aliphatic carbocycles. The fourth-order valence-electron chi connectivity index (χ4n) is 1.52. The van der Waals surface area contributed by atoms with Gasteiger partial charge in [-0.3, -0.25) is 0 Å². The fourth-order valence-corrected chi connectivity index (χ4v) is 2.17. The van der Waals surface area contributed by atoms with Crippen LogP contribution in [0.3, 0.4) is 0 Å². The Hall–Kier alpha value is -0.960. The standard InChI is InChI=1S/C13H10Cl3NO/c1-2-18-13-4-3-8(7-17-13)9-5-11(15)12(16)6-10(9)14/h3-7H,2H2,1H3. The predicted octanol–water partition coefficient (Wildman–Crippen LogP) is 5.11. The largest absolute Gasteiger partial charge is 0.478 e. The molecule has 0 saturated carbocycles. The third kappa shape index (κ3) is 2.89. The number of halogens is 3. The van der Waals surface area contributed by atoms with E-state index in [9.17, 15) is 0 Å². The Labute approximate surface area is 120 Å². The average molecular weight is 303 g/mol. The van der Waals surface area contributed by atoms with E-state index in [1.807, 2.05) is 13.0 Å². The van der Waals surface area contributed by atoms with E-state index in [1.54, 1.807) is 24.4 Å². The van der Waals surface area contributed by atoms with Crippen LogP contribution < -0.4 is 4.74 Å². The molecule has 0 amide bonds. The van der Waals surface area contributed by atoms with Crippen LogP contribution in [0, 0.1) is 0 Å². The summed E-state index contributed by atoms with van der Waals surface area (Å²) in [7, 11) is 0. The maximum Gasteiger partial charge on any atom is 0.213 e.